The van der Waals surface area contributed by atoms with Crippen LogP contribution in [-0.4, -0.2) is 23.0 Å². The van der Waals surface area contributed by atoms with Crippen LogP contribution in [0.2, 0.25) is 0 Å². The second kappa shape index (κ2) is 5.68. The van der Waals surface area contributed by atoms with Crippen molar-refractivity contribution in [2.24, 2.45) is 0 Å². The van der Waals surface area contributed by atoms with Crippen LogP contribution in [0.1, 0.15) is 16.8 Å². The van der Waals surface area contributed by atoms with Crippen molar-refractivity contribution >= 4 is 17.6 Å². The third-order valence-corrected chi connectivity index (χ3v) is 2.22. The Bertz CT molecular complexity index is 523. The highest BCUT2D eigenvalue weighted by molar-refractivity contribution is 6.00. The molecule has 0 spiro atoms. The van der Waals surface area contributed by atoms with E-state index in [9.17, 15) is 14.0 Å². The summed E-state index contributed by atoms with van der Waals surface area (Å²) in [5, 5.41) is 11.0. The summed E-state index contributed by atoms with van der Waals surface area (Å²) in [7, 11) is 0. The summed E-state index contributed by atoms with van der Waals surface area (Å²) < 4.78 is 13.1. The molecule has 5 nitrogen and oxygen atoms in total. The quantitative estimate of drug-likeness (QED) is 0.539. The van der Waals surface area contributed by atoms with Gasteiger partial charge in [0.1, 0.15) is 11.9 Å². The van der Waals surface area contributed by atoms with Gasteiger partial charge in [0.15, 0.2) is 0 Å². The number of carboxylic acids is 1. The molecule has 1 rings (SSSR count). The van der Waals surface area contributed by atoms with Crippen LogP contribution in [0.25, 0.3) is 0 Å². The first-order chi connectivity index (χ1) is 8.47. The molecule has 0 saturated heterocycles. The normalized spacial score (nSPS) is 11.3. The fourth-order valence-electron chi connectivity index (χ4n) is 1.29. The predicted octanol–water partition coefficient (Wildman–Crippen LogP) is 0.614. The molecule has 1 amide bonds. The van der Waals surface area contributed by atoms with E-state index in [0.717, 1.165) is 6.07 Å². The molecular formula is C12H11FN2O3. The summed E-state index contributed by atoms with van der Waals surface area (Å²) in [4.78, 5) is 22.5. The number of para-hydroxylation sites is 1. The van der Waals surface area contributed by atoms with Gasteiger partial charge < -0.3 is 16.2 Å². The lowest BCUT2D eigenvalue weighted by Crippen LogP contribution is -2.40. The molecule has 0 aliphatic heterocycles. The van der Waals surface area contributed by atoms with Crippen molar-refractivity contribution in [3.05, 3.63) is 29.6 Å². The zero-order valence-electron chi connectivity index (χ0n) is 9.31. The van der Waals surface area contributed by atoms with Gasteiger partial charge in [-0.2, -0.15) is 0 Å². The Hall–Kier alpha value is -2.55. The van der Waals surface area contributed by atoms with Crippen molar-refractivity contribution < 1.29 is 19.1 Å². The number of hydrogen-bond acceptors (Lipinski definition) is 3. The van der Waals surface area contributed by atoms with E-state index in [2.05, 4.69) is 11.2 Å². The van der Waals surface area contributed by atoms with Crippen molar-refractivity contribution in [3.8, 4) is 12.3 Å². The Morgan fingerprint density at radius 1 is 1.56 bits per heavy atom. The Kier molecular flexibility index (Phi) is 4.27. The molecule has 1 aromatic carbocycles. The third kappa shape index (κ3) is 2.98. The van der Waals surface area contributed by atoms with Crippen LogP contribution in [0.4, 0.5) is 10.1 Å². The Morgan fingerprint density at radius 3 is 2.78 bits per heavy atom. The summed E-state index contributed by atoms with van der Waals surface area (Å²) in [5.74, 6) is -0.663. The van der Waals surface area contributed by atoms with Crippen LogP contribution in [0.5, 0.6) is 0 Å². The number of benzene rings is 1. The van der Waals surface area contributed by atoms with Gasteiger partial charge in [-0.3, -0.25) is 4.79 Å². The fourth-order valence-corrected chi connectivity index (χ4v) is 1.29. The average molecular weight is 250 g/mol. The zero-order chi connectivity index (χ0) is 13.7. The molecule has 4 N–H and O–H groups in total. The molecule has 1 atom stereocenters. The van der Waals surface area contributed by atoms with Crippen LogP contribution >= 0.6 is 0 Å². The smallest absolute Gasteiger partial charge is 0.327 e. The van der Waals surface area contributed by atoms with Crippen molar-refractivity contribution in [2.75, 3.05) is 5.73 Å². The van der Waals surface area contributed by atoms with Crippen LogP contribution in [0.3, 0.4) is 0 Å². The first kappa shape index (κ1) is 13.5. The van der Waals surface area contributed by atoms with Gasteiger partial charge in [0, 0.05) is 6.42 Å². The van der Waals surface area contributed by atoms with E-state index in [1.807, 2.05) is 0 Å². The van der Waals surface area contributed by atoms with Gasteiger partial charge in [0.05, 0.1) is 11.3 Å². The molecule has 0 aliphatic carbocycles. The first-order valence-electron chi connectivity index (χ1n) is 4.98. The minimum Gasteiger partial charge on any atom is -0.480 e. The van der Waals surface area contributed by atoms with E-state index in [1.165, 1.54) is 12.1 Å². The van der Waals surface area contributed by atoms with Crippen molar-refractivity contribution in [1.29, 1.82) is 0 Å². The molecule has 94 valence electrons. The number of amides is 1. The number of carbonyl (C=O) groups is 2. The topological polar surface area (TPSA) is 92.4 Å². The SMILES string of the molecule is C#CCC(NC(=O)c1cccc(F)c1N)C(=O)O. The molecule has 18 heavy (non-hydrogen) atoms. The van der Waals surface area contributed by atoms with Crippen molar-refractivity contribution in [3.63, 3.8) is 0 Å². The Morgan fingerprint density at radius 2 is 2.22 bits per heavy atom. The van der Waals surface area contributed by atoms with Gasteiger partial charge in [0.25, 0.3) is 5.91 Å². The van der Waals surface area contributed by atoms with Gasteiger partial charge in [-0.05, 0) is 12.1 Å². The van der Waals surface area contributed by atoms with E-state index in [-0.39, 0.29) is 17.7 Å². The maximum atomic E-state index is 13.1. The van der Waals surface area contributed by atoms with Crippen LogP contribution < -0.4 is 11.1 Å². The van der Waals surface area contributed by atoms with E-state index in [1.54, 1.807) is 0 Å². The number of nitrogens with one attached hydrogen (secondary N) is 1. The van der Waals surface area contributed by atoms with Crippen LogP contribution in [0, 0.1) is 18.2 Å². The molecule has 0 bridgehead atoms. The molecule has 0 fully saturated rings. The predicted molar refractivity (Wildman–Crippen MR) is 63.2 cm³/mol. The molecule has 0 saturated carbocycles. The highest BCUT2D eigenvalue weighted by atomic mass is 19.1. The maximum Gasteiger partial charge on any atom is 0.327 e. The number of terminal acetylenes is 1. The second-order valence-electron chi connectivity index (χ2n) is 3.47. The van der Waals surface area contributed by atoms with E-state index in [4.69, 9.17) is 17.3 Å². The van der Waals surface area contributed by atoms with Gasteiger partial charge in [-0.25, -0.2) is 9.18 Å². The van der Waals surface area contributed by atoms with Crippen molar-refractivity contribution in [1.82, 2.24) is 5.32 Å². The maximum absolute atomic E-state index is 13.1. The summed E-state index contributed by atoms with van der Waals surface area (Å²) in [6, 6.07) is 2.47. The minimum atomic E-state index is -1.27. The van der Waals surface area contributed by atoms with E-state index < -0.39 is 23.7 Å². The largest absolute Gasteiger partial charge is 0.480 e. The third-order valence-electron chi connectivity index (χ3n) is 2.22. The first-order valence-corrected chi connectivity index (χ1v) is 4.98. The number of halogens is 1. The molecule has 1 unspecified atom stereocenters. The summed E-state index contributed by atoms with van der Waals surface area (Å²) in [6.07, 6.45) is 4.82. The van der Waals surface area contributed by atoms with Gasteiger partial charge >= 0.3 is 5.97 Å². The molecule has 1 aromatic rings. The highest BCUT2D eigenvalue weighted by Crippen LogP contribution is 2.15. The molecule has 0 aromatic heterocycles. The number of nitrogen functional groups attached to an aromatic ring is 1. The number of anilines is 1. The number of rotatable bonds is 4. The number of aliphatic carboxylic acids is 1. The molecule has 0 radical (unpaired) electrons. The molecular weight excluding hydrogens is 239 g/mol. The lowest BCUT2D eigenvalue weighted by molar-refractivity contribution is -0.139. The van der Waals surface area contributed by atoms with E-state index in [0.29, 0.717) is 0 Å². The number of hydrogen-bond donors (Lipinski definition) is 3. The molecule has 0 aliphatic rings. The monoisotopic (exact) mass is 250 g/mol. The summed E-state index contributed by atoms with van der Waals surface area (Å²) in [6.45, 7) is 0. The lowest BCUT2D eigenvalue weighted by atomic mass is 10.1. The van der Waals surface area contributed by atoms with E-state index >= 15 is 0 Å². The lowest BCUT2D eigenvalue weighted by Gasteiger charge is -2.13. The fraction of sp³-hybridized carbons (Fsp3) is 0.167. The number of carbonyl (C=O) groups excluding carboxylic acids is 1. The number of nitrogens with two attached hydrogens (primary N) is 1. The molecule has 6 heteroatoms. The van der Waals surface area contributed by atoms with Gasteiger partial charge in [0.2, 0.25) is 0 Å². The zero-order valence-corrected chi connectivity index (χ0v) is 9.31. The second-order valence-corrected chi connectivity index (χ2v) is 3.47. The highest BCUT2D eigenvalue weighted by Gasteiger charge is 2.21. The number of carboxylic acid groups (broad SMARTS) is 1. The van der Waals surface area contributed by atoms with Crippen molar-refractivity contribution in [2.45, 2.75) is 12.5 Å². The Balaban J connectivity index is 2.91. The Labute approximate surface area is 103 Å². The minimum absolute atomic E-state index is 0.127. The van der Waals surface area contributed by atoms with Crippen LogP contribution in [-0.2, 0) is 4.79 Å². The van der Waals surface area contributed by atoms with Gasteiger partial charge in [-0.15, -0.1) is 12.3 Å². The average Bonchev–Trinajstić information content (AvgIpc) is 2.31. The molecule has 0 heterocycles. The standard InChI is InChI=1S/C12H11FN2O3/c1-2-4-9(12(17)18)15-11(16)7-5-3-6-8(13)10(7)14/h1,3,5-6,9H,4,14H2,(H,15,16)(H,17,18). The van der Waals surface area contributed by atoms with Gasteiger partial charge in [-0.1, -0.05) is 6.07 Å². The summed E-state index contributed by atoms with van der Waals surface area (Å²) in [5.41, 5.74) is 4.93. The van der Waals surface area contributed by atoms with Crippen LogP contribution in [0.15, 0.2) is 18.2 Å². The summed E-state index contributed by atoms with van der Waals surface area (Å²) >= 11 is 0.